The topological polar surface area (TPSA) is 32.3 Å². The van der Waals surface area contributed by atoms with E-state index in [1.165, 1.54) is 15.6 Å². The van der Waals surface area contributed by atoms with Crippen LogP contribution in [0.3, 0.4) is 0 Å². The number of likely N-dealkylation sites (N-methyl/N-ethyl adjacent to an activating group) is 1. The van der Waals surface area contributed by atoms with Gasteiger partial charge in [0.25, 0.3) is 0 Å². The first-order valence-electron chi connectivity index (χ1n) is 5.91. The van der Waals surface area contributed by atoms with Crippen molar-refractivity contribution in [2.75, 3.05) is 20.1 Å². The molecule has 0 bridgehead atoms. The Morgan fingerprint density at radius 2 is 2.29 bits per heavy atom. The van der Waals surface area contributed by atoms with Gasteiger partial charge >= 0.3 is 0 Å². The summed E-state index contributed by atoms with van der Waals surface area (Å²) in [5, 5.41) is 2.70. The zero-order valence-electron chi connectivity index (χ0n) is 9.95. The van der Waals surface area contributed by atoms with E-state index in [1.54, 1.807) is 7.05 Å². The van der Waals surface area contributed by atoms with Crippen molar-refractivity contribution in [3.8, 4) is 0 Å². The highest BCUT2D eigenvalue weighted by molar-refractivity contribution is 14.1. The van der Waals surface area contributed by atoms with Crippen molar-refractivity contribution >= 4 is 28.5 Å². The quantitative estimate of drug-likeness (QED) is 0.853. The van der Waals surface area contributed by atoms with Crippen LogP contribution in [-0.2, 0) is 4.79 Å². The lowest BCUT2D eigenvalue weighted by molar-refractivity contribution is -0.122. The number of benzene rings is 1. The SMILES string of the molecule is CNC(=O)CN1CCC[C@H]1c1ccccc1I. The average molecular weight is 344 g/mol. The van der Waals surface area contributed by atoms with Gasteiger partial charge in [0, 0.05) is 16.7 Å². The maximum Gasteiger partial charge on any atom is 0.233 e. The van der Waals surface area contributed by atoms with Crippen molar-refractivity contribution in [1.29, 1.82) is 0 Å². The van der Waals surface area contributed by atoms with Crippen molar-refractivity contribution in [2.45, 2.75) is 18.9 Å². The fourth-order valence-corrected chi connectivity index (χ4v) is 3.12. The second-order valence-corrected chi connectivity index (χ2v) is 5.49. The highest BCUT2D eigenvalue weighted by atomic mass is 127. The van der Waals surface area contributed by atoms with E-state index in [4.69, 9.17) is 0 Å². The summed E-state index contributed by atoms with van der Waals surface area (Å²) in [5.41, 5.74) is 1.36. The molecular weight excluding hydrogens is 327 g/mol. The zero-order chi connectivity index (χ0) is 12.3. The number of carbonyl (C=O) groups is 1. The second-order valence-electron chi connectivity index (χ2n) is 4.32. The van der Waals surface area contributed by atoms with E-state index in [2.05, 4.69) is 57.1 Å². The van der Waals surface area contributed by atoms with Crippen LogP contribution in [0.15, 0.2) is 24.3 Å². The fraction of sp³-hybridized carbons (Fsp3) is 0.462. The van der Waals surface area contributed by atoms with Crippen molar-refractivity contribution in [3.63, 3.8) is 0 Å². The van der Waals surface area contributed by atoms with Crippen molar-refractivity contribution in [3.05, 3.63) is 33.4 Å². The molecular formula is C13H17IN2O. The van der Waals surface area contributed by atoms with Crippen LogP contribution in [-0.4, -0.2) is 30.9 Å². The minimum absolute atomic E-state index is 0.0999. The van der Waals surface area contributed by atoms with Crippen LogP contribution in [0.25, 0.3) is 0 Å². The molecule has 0 aromatic heterocycles. The van der Waals surface area contributed by atoms with Crippen molar-refractivity contribution in [2.24, 2.45) is 0 Å². The molecule has 1 aliphatic rings. The molecule has 3 nitrogen and oxygen atoms in total. The molecule has 1 aromatic carbocycles. The number of hydrogen-bond donors (Lipinski definition) is 1. The lowest BCUT2D eigenvalue weighted by Crippen LogP contribution is -2.35. The van der Waals surface area contributed by atoms with E-state index in [-0.39, 0.29) is 5.91 Å². The Labute approximate surface area is 116 Å². The van der Waals surface area contributed by atoms with E-state index in [1.807, 2.05) is 0 Å². The molecule has 2 rings (SSSR count). The minimum Gasteiger partial charge on any atom is -0.358 e. The number of rotatable bonds is 3. The van der Waals surface area contributed by atoms with Gasteiger partial charge in [0.2, 0.25) is 5.91 Å². The van der Waals surface area contributed by atoms with Crippen molar-refractivity contribution in [1.82, 2.24) is 10.2 Å². The molecule has 92 valence electrons. The summed E-state index contributed by atoms with van der Waals surface area (Å²) in [5.74, 6) is 0.0999. The highest BCUT2D eigenvalue weighted by Gasteiger charge is 2.28. The van der Waals surface area contributed by atoms with Gasteiger partial charge in [0.1, 0.15) is 0 Å². The van der Waals surface area contributed by atoms with Crippen LogP contribution < -0.4 is 5.32 Å². The fourth-order valence-electron chi connectivity index (χ4n) is 2.38. The Morgan fingerprint density at radius 3 is 3.00 bits per heavy atom. The van der Waals surface area contributed by atoms with Crippen molar-refractivity contribution < 1.29 is 4.79 Å². The maximum absolute atomic E-state index is 11.5. The molecule has 4 heteroatoms. The Kier molecular flexibility index (Phi) is 4.39. The van der Waals surface area contributed by atoms with Gasteiger partial charge in [0.05, 0.1) is 6.54 Å². The second kappa shape index (κ2) is 5.82. The molecule has 1 fully saturated rings. The number of nitrogens with zero attached hydrogens (tertiary/aromatic N) is 1. The molecule has 1 saturated heterocycles. The smallest absolute Gasteiger partial charge is 0.233 e. The van der Waals surface area contributed by atoms with Gasteiger partial charge in [-0.15, -0.1) is 0 Å². The number of halogens is 1. The van der Waals surface area contributed by atoms with Crippen LogP contribution >= 0.6 is 22.6 Å². The number of carbonyl (C=O) groups excluding carboxylic acids is 1. The Bertz CT molecular complexity index is 408. The Morgan fingerprint density at radius 1 is 1.53 bits per heavy atom. The molecule has 1 atom stereocenters. The summed E-state index contributed by atoms with van der Waals surface area (Å²) in [6.07, 6.45) is 2.32. The molecule has 0 spiro atoms. The van der Waals surface area contributed by atoms with Crippen LogP contribution in [0.4, 0.5) is 0 Å². The van der Waals surface area contributed by atoms with Gasteiger partial charge in [-0.05, 0) is 53.6 Å². The maximum atomic E-state index is 11.5. The van der Waals surface area contributed by atoms with Gasteiger partial charge in [-0.1, -0.05) is 18.2 Å². The third kappa shape index (κ3) is 2.98. The first-order chi connectivity index (χ1) is 8.22. The van der Waals surface area contributed by atoms with E-state index in [0.29, 0.717) is 12.6 Å². The lowest BCUT2D eigenvalue weighted by Gasteiger charge is -2.24. The molecule has 1 aromatic rings. The third-order valence-electron chi connectivity index (χ3n) is 3.25. The number of likely N-dealkylation sites (tertiary alicyclic amines) is 1. The molecule has 1 heterocycles. The van der Waals surface area contributed by atoms with Gasteiger partial charge in [-0.3, -0.25) is 9.69 Å². The summed E-state index contributed by atoms with van der Waals surface area (Å²) in [4.78, 5) is 13.7. The van der Waals surface area contributed by atoms with Crippen LogP contribution in [0.1, 0.15) is 24.4 Å². The summed E-state index contributed by atoms with van der Waals surface area (Å²) < 4.78 is 1.29. The van der Waals surface area contributed by atoms with Gasteiger partial charge in [0.15, 0.2) is 0 Å². The van der Waals surface area contributed by atoms with Gasteiger partial charge < -0.3 is 5.32 Å². The number of amides is 1. The molecule has 17 heavy (non-hydrogen) atoms. The summed E-state index contributed by atoms with van der Waals surface area (Å²) in [6.45, 7) is 1.52. The van der Waals surface area contributed by atoms with E-state index < -0.39 is 0 Å². The molecule has 0 radical (unpaired) electrons. The molecule has 1 N–H and O–H groups in total. The first kappa shape index (κ1) is 12.8. The minimum atomic E-state index is 0.0999. The number of hydrogen-bond acceptors (Lipinski definition) is 2. The van der Waals surface area contributed by atoms with Crippen LogP contribution in [0.2, 0.25) is 0 Å². The molecule has 1 aliphatic heterocycles. The molecule has 1 amide bonds. The zero-order valence-corrected chi connectivity index (χ0v) is 12.1. The van der Waals surface area contributed by atoms with Crippen LogP contribution in [0, 0.1) is 3.57 Å². The third-order valence-corrected chi connectivity index (χ3v) is 4.24. The highest BCUT2D eigenvalue weighted by Crippen LogP contribution is 2.33. The standard InChI is InChI=1S/C13H17IN2O/c1-15-13(17)9-16-8-4-7-12(16)10-5-2-3-6-11(10)14/h2-3,5-6,12H,4,7-9H2,1H3,(H,15,17)/t12-/m0/s1. The van der Waals surface area contributed by atoms with E-state index in [0.717, 1.165) is 13.0 Å². The van der Waals surface area contributed by atoms with Crippen LogP contribution in [0.5, 0.6) is 0 Å². The Balaban J connectivity index is 2.14. The van der Waals surface area contributed by atoms with Gasteiger partial charge in [-0.25, -0.2) is 0 Å². The molecule has 0 unspecified atom stereocenters. The summed E-state index contributed by atoms with van der Waals surface area (Å²) >= 11 is 2.38. The molecule has 0 saturated carbocycles. The van der Waals surface area contributed by atoms with E-state index in [9.17, 15) is 4.79 Å². The monoisotopic (exact) mass is 344 g/mol. The van der Waals surface area contributed by atoms with E-state index >= 15 is 0 Å². The first-order valence-corrected chi connectivity index (χ1v) is 6.99. The average Bonchev–Trinajstić information content (AvgIpc) is 2.77. The number of nitrogens with one attached hydrogen (secondary N) is 1. The molecule has 0 aliphatic carbocycles. The predicted molar refractivity (Wildman–Crippen MR) is 76.8 cm³/mol. The van der Waals surface area contributed by atoms with Gasteiger partial charge in [-0.2, -0.15) is 0 Å². The Hall–Kier alpha value is -0.620. The lowest BCUT2D eigenvalue weighted by atomic mass is 10.0. The summed E-state index contributed by atoms with van der Waals surface area (Å²) in [7, 11) is 1.69. The predicted octanol–water partition coefficient (Wildman–Crippen LogP) is 2.17. The largest absolute Gasteiger partial charge is 0.358 e. The summed E-state index contributed by atoms with van der Waals surface area (Å²) in [6, 6.07) is 8.85. The normalized spacial score (nSPS) is 20.5.